The van der Waals surface area contributed by atoms with E-state index < -0.39 is 0 Å². The van der Waals surface area contributed by atoms with Crippen LogP contribution in [0.5, 0.6) is 0 Å². The first kappa shape index (κ1) is 74.3. The van der Waals surface area contributed by atoms with Gasteiger partial charge in [-0.05, 0) is 0 Å². The van der Waals surface area contributed by atoms with Crippen molar-refractivity contribution in [1.29, 1.82) is 10.5 Å². The second-order valence-corrected chi connectivity index (χ2v) is 0. The molecule has 47 valence electrons. The van der Waals surface area contributed by atoms with Crippen LogP contribution in [0, 0.1) is 38.5 Å². The molecule has 0 rings (SSSR count). The molecule has 0 bridgehead atoms. The minimum Gasteiger partial charge on any atom is -0.512 e. The Kier molecular flexibility index (Phi) is 17300. The van der Waals surface area contributed by atoms with Crippen LogP contribution in [0.1, 0.15) is 0 Å². The first-order valence-corrected chi connectivity index (χ1v) is 0.447. The molecule has 3 heteroatoms. The Morgan fingerprint density at radius 2 is 0.714 bits per heavy atom. The molecule has 0 aromatic carbocycles. The SMILES string of the molecule is [Au].[C-]#N.[C-]#N.[CH3-].[CH3-]. The molecule has 0 atom stereocenters. The Morgan fingerprint density at radius 3 is 0.714 bits per heavy atom. The predicted octanol–water partition coefficient (Wildman–Crippen LogP) is 1.09. The zero-order valence-corrected chi connectivity index (χ0v) is 6.36. The van der Waals surface area contributed by atoms with Gasteiger partial charge in [0.05, 0.1) is 0 Å². The summed E-state index contributed by atoms with van der Waals surface area (Å²) in [4.78, 5) is 0. The smallest absolute Gasteiger partial charge is 0 e. The summed E-state index contributed by atoms with van der Waals surface area (Å²) in [5, 5.41) is 12.5. The number of rotatable bonds is 0. The van der Waals surface area contributed by atoms with Gasteiger partial charge in [-0.3, -0.25) is 0 Å². The molecule has 7 heavy (non-hydrogen) atoms. The second kappa shape index (κ2) is 1630. The van der Waals surface area contributed by atoms with Gasteiger partial charge in [-0.1, -0.05) is 0 Å². The minimum atomic E-state index is 0. The van der Waals surface area contributed by atoms with E-state index in [0.717, 1.165) is 0 Å². The quantitative estimate of drug-likeness (QED) is 0.492. The van der Waals surface area contributed by atoms with Gasteiger partial charge in [0.25, 0.3) is 0 Å². The van der Waals surface area contributed by atoms with Gasteiger partial charge in [-0.15, -0.1) is 0 Å². The van der Waals surface area contributed by atoms with E-state index in [2.05, 4.69) is 0 Å². The zero-order valence-electron chi connectivity index (χ0n) is 4.20. The first-order chi connectivity index (χ1) is 2.00. The van der Waals surface area contributed by atoms with E-state index in [1.165, 1.54) is 0 Å². The molecule has 0 saturated carbocycles. The fourth-order valence-corrected chi connectivity index (χ4v) is 0. The third kappa shape index (κ3) is 1010. The summed E-state index contributed by atoms with van der Waals surface area (Å²) in [6.45, 7) is 9.50. The van der Waals surface area contributed by atoms with Gasteiger partial charge in [-0.25, -0.2) is 0 Å². The topological polar surface area (TPSA) is 47.6 Å². The van der Waals surface area contributed by atoms with Crippen molar-refractivity contribution in [2.45, 2.75) is 0 Å². The monoisotopic (exact) mass is 279 g/mol. The van der Waals surface area contributed by atoms with Crippen LogP contribution in [0.15, 0.2) is 0 Å². The van der Waals surface area contributed by atoms with E-state index >= 15 is 0 Å². The van der Waals surface area contributed by atoms with Crippen LogP contribution in [-0.2, 0) is 22.4 Å². The Bertz CT molecular complexity index is 25.2. The van der Waals surface area contributed by atoms with Crippen LogP contribution < -0.4 is 0 Å². The van der Waals surface area contributed by atoms with Crippen molar-refractivity contribution >= 4 is 0 Å². The summed E-state index contributed by atoms with van der Waals surface area (Å²) in [6.07, 6.45) is 0. The molecular weight excluding hydrogens is 273 g/mol. The predicted molar refractivity (Wildman–Crippen MR) is 22.8 cm³/mol. The molecule has 0 aromatic rings. The van der Waals surface area contributed by atoms with Crippen molar-refractivity contribution in [3.8, 4) is 0 Å². The Balaban J connectivity index is -0.00000000267. The van der Waals surface area contributed by atoms with E-state index in [9.17, 15) is 0 Å². The van der Waals surface area contributed by atoms with Crippen molar-refractivity contribution in [3.63, 3.8) is 0 Å². The van der Waals surface area contributed by atoms with Gasteiger partial charge >= 0.3 is 0 Å². The number of hydrogen-bond acceptors (Lipinski definition) is 2. The van der Waals surface area contributed by atoms with Gasteiger partial charge in [0, 0.05) is 22.4 Å². The molecule has 0 N–H and O–H groups in total. The fraction of sp³-hybridized carbons (Fsp3) is 0. The molecule has 0 saturated heterocycles. The maximum Gasteiger partial charge on any atom is 0 e. The molecule has 0 amide bonds. The minimum absolute atomic E-state index is 0. The van der Waals surface area contributed by atoms with Crippen molar-refractivity contribution in [2.75, 3.05) is 0 Å². The number of nitrogens with zero attached hydrogens (tertiary/aromatic N) is 2. The van der Waals surface area contributed by atoms with Crippen molar-refractivity contribution in [2.24, 2.45) is 0 Å². The maximum atomic E-state index is 6.25. The van der Waals surface area contributed by atoms with E-state index in [1.807, 2.05) is 0 Å². The molecule has 1 radical (unpaired) electrons. The van der Waals surface area contributed by atoms with E-state index in [4.69, 9.17) is 23.7 Å². The van der Waals surface area contributed by atoms with Crippen LogP contribution in [0.2, 0.25) is 0 Å². The zero-order chi connectivity index (χ0) is 4.00. The molecule has 0 unspecified atom stereocenters. The normalized spacial score (nSPS) is 0.571. The first-order valence-electron chi connectivity index (χ1n) is 0.447. The van der Waals surface area contributed by atoms with Crippen molar-refractivity contribution in [1.82, 2.24) is 0 Å². The van der Waals surface area contributed by atoms with Gasteiger partial charge < -0.3 is 38.5 Å². The van der Waals surface area contributed by atoms with E-state index in [1.54, 1.807) is 0 Å². The fourth-order valence-electron chi connectivity index (χ4n) is 0. The Labute approximate surface area is 61.3 Å². The second-order valence-electron chi connectivity index (χ2n) is 0. The molecule has 0 spiro atoms. The summed E-state index contributed by atoms with van der Waals surface area (Å²) in [7, 11) is 0. The van der Waals surface area contributed by atoms with Gasteiger partial charge in [0.1, 0.15) is 0 Å². The summed E-state index contributed by atoms with van der Waals surface area (Å²) in [5.41, 5.74) is 0. The molecule has 0 aliphatic heterocycles. The summed E-state index contributed by atoms with van der Waals surface area (Å²) >= 11 is 0. The van der Waals surface area contributed by atoms with E-state index in [-0.39, 0.29) is 37.2 Å². The van der Waals surface area contributed by atoms with Crippen LogP contribution in [0.25, 0.3) is 0 Å². The van der Waals surface area contributed by atoms with Crippen molar-refractivity contribution in [3.05, 3.63) is 28.0 Å². The van der Waals surface area contributed by atoms with Gasteiger partial charge in [0.2, 0.25) is 0 Å². The summed E-state index contributed by atoms with van der Waals surface area (Å²) in [5.74, 6) is 0. The molecule has 0 aliphatic carbocycles. The average molecular weight is 279 g/mol. The molecule has 2 nitrogen and oxygen atoms in total. The molecule has 0 heterocycles. The largest absolute Gasteiger partial charge is 0.512 e. The van der Waals surface area contributed by atoms with Crippen LogP contribution >= 0.6 is 0 Å². The van der Waals surface area contributed by atoms with Crippen molar-refractivity contribution < 1.29 is 22.4 Å². The summed E-state index contributed by atoms with van der Waals surface area (Å²) < 4.78 is 0. The number of hydrogen-bond donors (Lipinski definition) is 0. The third-order valence-corrected chi connectivity index (χ3v) is 0. The third-order valence-electron chi connectivity index (χ3n) is 0. The van der Waals surface area contributed by atoms with Gasteiger partial charge in [0.15, 0.2) is 0 Å². The Hall–Kier alpha value is -0.280. The van der Waals surface area contributed by atoms with Crippen LogP contribution in [0.3, 0.4) is 0 Å². The average Bonchev–Trinajstić information content (AvgIpc) is 1.50. The Morgan fingerprint density at radius 1 is 0.714 bits per heavy atom. The maximum absolute atomic E-state index is 6.25. The van der Waals surface area contributed by atoms with E-state index in [0.29, 0.717) is 0 Å². The standard InChI is InChI=1S/2CN.2CH3.Au/c2*1-2;;;/h;;2*1H3;/q4*-1;. The van der Waals surface area contributed by atoms with Crippen LogP contribution in [-0.4, -0.2) is 0 Å². The van der Waals surface area contributed by atoms with Crippen LogP contribution in [0.4, 0.5) is 0 Å². The molecule has 0 aliphatic rings. The molecule has 0 aromatic heterocycles. The van der Waals surface area contributed by atoms with Gasteiger partial charge in [-0.2, -0.15) is 0 Å². The molecule has 0 fully saturated rings. The molecular formula is C4H6AuN2-4. The summed E-state index contributed by atoms with van der Waals surface area (Å²) in [6, 6.07) is 0.